The first-order chi connectivity index (χ1) is 11.7. The highest BCUT2D eigenvalue weighted by Gasteiger charge is 2.16. The van der Waals surface area contributed by atoms with Crippen LogP contribution in [0.3, 0.4) is 0 Å². The van der Waals surface area contributed by atoms with Gasteiger partial charge in [0.2, 0.25) is 10.6 Å². The Bertz CT molecular complexity index is 907. The van der Waals surface area contributed by atoms with Crippen molar-refractivity contribution in [3.05, 3.63) is 58.5 Å². The molecule has 1 amide bonds. The highest BCUT2D eigenvalue weighted by atomic mass is 32.2. The summed E-state index contributed by atoms with van der Waals surface area (Å²) in [5, 5.41) is 14.9. The Morgan fingerprint density at radius 1 is 1.25 bits per heavy atom. The van der Waals surface area contributed by atoms with Crippen molar-refractivity contribution in [2.75, 3.05) is 11.1 Å². The predicted octanol–water partition coefficient (Wildman–Crippen LogP) is 2.45. The number of hydrogen-bond donors (Lipinski definition) is 1. The third-order valence-corrected chi connectivity index (χ3v) is 4.79. The van der Waals surface area contributed by atoms with E-state index in [0.29, 0.717) is 5.13 Å². The highest BCUT2D eigenvalue weighted by molar-refractivity contribution is 8.01. The van der Waals surface area contributed by atoms with Crippen molar-refractivity contribution in [2.45, 2.75) is 11.3 Å². The number of aromatic nitrogens is 4. The van der Waals surface area contributed by atoms with Gasteiger partial charge in [0.15, 0.2) is 10.0 Å². The molecule has 1 N–H and O–H groups in total. The zero-order valence-electron chi connectivity index (χ0n) is 12.7. The maximum Gasteiger partial charge on any atom is 0.282 e. The molecule has 2 heterocycles. The second kappa shape index (κ2) is 7.37. The fourth-order valence-corrected chi connectivity index (χ4v) is 3.53. The Kier molecular flexibility index (Phi) is 5.02. The lowest BCUT2D eigenvalue weighted by Gasteiger charge is -2.06. The molecular weight excluding hydrogens is 346 g/mol. The molecule has 24 heavy (non-hydrogen) atoms. The van der Waals surface area contributed by atoms with E-state index in [1.165, 1.54) is 40.0 Å². The van der Waals surface area contributed by atoms with Gasteiger partial charge in [-0.3, -0.25) is 14.9 Å². The molecule has 1 aromatic carbocycles. The van der Waals surface area contributed by atoms with Crippen LogP contribution in [-0.4, -0.2) is 31.6 Å². The first-order valence-corrected chi connectivity index (χ1v) is 8.90. The van der Waals surface area contributed by atoms with E-state index in [4.69, 9.17) is 0 Å². The summed E-state index contributed by atoms with van der Waals surface area (Å²) in [6.45, 7) is 2.00. The van der Waals surface area contributed by atoms with E-state index in [1.807, 2.05) is 37.3 Å². The van der Waals surface area contributed by atoms with Crippen molar-refractivity contribution in [1.82, 2.24) is 20.0 Å². The lowest BCUT2D eigenvalue weighted by Crippen LogP contribution is -2.25. The third kappa shape index (κ3) is 3.69. The maximum atomic E-state index is 12.3. The smallest absolute Gasteiger partial charge is 0.282 e. The van der Waals surface area contributed by atoms with Crippen molar-refractivity contribution in [1.29, 1.82) is 0 Å². The van der Waals surface area contributed by atoms with Gasteiger partial charge in [0, 0.05) is 12.3 Å². The average molecular weight is 359 g/mol. The van der Waals surface area contributed by atoms with Crippen LogP contribution in [0, 0.1) is 0 Å². The predicted molar refractivity (Wildman–Crippen MR) is 94.1 cm³/mol. The first kappa shape index (κ1) is 16.3. The molecule has 7 nitrogen and oxygen atoms in total. The van der Waals surface area contributed by atoms with Gasteiger partial charge in [-0.05, 0) is 17.9 Å². The molecule has 2 aromatic heterocycles. The summed E-state index contributed by atoms with van der Waals surface area (Å²) in [6.07, 6.45) is 1.52. The molecule has 3 rings (SSSR count). The fourth-order valence-electron chi connectivity index (χ4n) is 1.89. The van der Waals surface area contributed by atoms with Crippen LogP contribution in [-0.2, 0) is 0 Å². The Morgan fingerprint density at radius 3 is 2.79 bits per heavy atom. The molecule has 0 atom stereocenters. The fraction of sp³-hybridized carbons (Fsp3) is 0.133. The van der Waals surface area contributed by atoms with Crippen molar-refractivity contribution in [3.8, 4) is 5.69 Å². The molecule has 0 aliphatic rings. The molecule has 0 spiro atoms. The molecule has 9 heteroatoms. The van der Waals surface area contributed by atoms with Gasteiger partial charge >= 0.3 is 0 Å². The van der Waals surface area contributed by atoms with Gasteiger partial charge in [-0.25, -0.2) is 4.68 Å². The van der Waals surface area contributed by atoms with E-state index in [0.717, 1.165) is 15.8 Å². The zero-order valence-corrected chi connectivity index (χ0v) is 14.3. The summed E-state index contributed by atoms with van der Waals surface area (Å²) in [4.78, 5) is 24.3. The quantitative estimate of drug-likeness (QED) is 0.556. The average Bonchev–Trinajstić information content (AvgIpc) is 3.03. The molecule has 0 bridgehead atoms. The monoisotopic (exact) mass is 359 g/mol. The standard InChI is InChI=1S/C15H13N5O2S2/c1-2-23-15-18-17-14(24-15)16-13(22)12-11(21)8-9-20(19-12)10-6-4-3-5-7-10/h3-9H,2H2,1H3,(H,16,17,22). The number of benzene rings is 1. The number of para-hydroxylation sites is 1. The highest BCUT2D eigenvalue weighted by Crippen LogP contribution is 2.25. The molecule has 0 radical (unpaired) electrons. The number of thioether (sulfide) groups is 1. The largest absolute Gasteiger partial charge is 0.295 e. The van der Waals surface area contributed by atoms with E-state index in [1.54, 1.807) is 0 Å². The Labute approximate surface area is 145 Å². The van der Waals surface area contributed by atoms with Crippen LogP contribution in [0.1, 0.15) is 17.4 Å². The van der Waals surface area contributed by atoms with Gasteiger partial charge in [-0.1, -0.05) is 48.2 Å². The van der Waals surface area contributed by atoms with E-state index in [-0.39, 0.29) is 5.69 Å². The zero-order chi connectivity index (χ0) is 16.9. The maximum absolute atomic E-state index is 12.3. The summed E-state index contributed by atoms with van der Waals surface area (Å²) >= 11 is 2.79. The van der Waals surface area contributed by atoms with Crippen molar-refractivity contribution in [2.24, 2.45) is 0 Å². The third-order valence-electron chi connectivity index (χ3n) is 2.94. The number of nitrogens with zero attached hydrogens (tertiary/aromatic N) is 4. The van der Waals surface area contributed by atoms with Crippen LogP contribution >= 0.6 is 23.1 Å². The van der Waals surface area contributed by atoms with Gasteiger partial charge in [0.25, 0.3) is 5.91 Å². The van der Waals surface area contributed by atoms with Crippen LogP contribution in [0.15, 0.2) is 51.7 Å². The van der Waals surface area contributed by atoms with Crippen molar-refractivity contribution in [3.63, 3.8) is 0 Å². The van der Waals surface area contributed by atoms with Gasteiger partial charge in [-0.2, -0.15) is 5.10 Å². The number of rotatable bonds is 5. The number of carbonyl (C=O) groups excluding carboxylic acids is 1. The molecule has 0 unspecified atom stereocenters. The minimum absolute atomic E-state index is 0.193. The Morgan fingerprint density at radius 2 is 2.04 bits per heavy atom. The van der Waals surface area contributed by atoms with Gasteiger partial charge < -0.3 is 0 Å². The molecule has 0 aliphatic carbocycles. The minimum atomic E-state index is -0.602. The number of anilines is 1. The molecule has 0 saturated carbocycles. The normalized spacial score (nSPS) is 10.5. The summed E-state index contributed by atoms with van der Waals surface area (Å²) in [6, 6.07) is 10.6. The van der Waals surface area contributed by atoms with Crippen LogP contribution in [0.2, 0.25) is 0 Å². The van der Waals surface area contributed by atoms with Crippen LogP contribution < -0.4 is 10.7 Å². The van der Waals surface area contributed by atoms with Gasteiger partial charge in [0.1, 0.15) is 0 Å². The van der Waals surface area contributed by atoms with E-state index >= 15 is 0 Å². The van der Waals surface area contributed by atoms with Gasteiger partial charge in [-0.15, -0.1) is 10.2 Å². The van der Waals surface area contributed by atoms with Crippen LogP contribution in [0.5, 0.6) is 0 Å². The Balaban J connectivity index is 1.85. The van der Waals surface area contributed by atoms with E-state index < -0.39 is 11.3 Å². The van der Waals surface area contributed by atoms with Crippen LogP contribution in [0.25, 0.3) is 5.69 Å². The van der Waals surface area contributed by atoms with E-state index in [9.17, 15) is 9.59 Å². The summed E-state index contributed by atoms with van der Waals surface area (Å²) in [5.74, 6) is 0.263. The number of amides is 1. The van der Waals surface area contributed by atoms with Gasteiger partial charge in [0.05, 0.1) is 5.69 Å². The summed E-state index contributed by atoms with van der Waals surface area (Å²) < 4.78 is 2.24. The number of nitrogens with one attached hydrogen (secondary N) is 1. The Hall–Kier alpha value is -2.52. The number of hydrogen-bond acceptors (Lipinski definition) is 7. The minimum Gasteiger partial charge on any atom is -0.295 e. The van der Waals surface area contributed by atoms with Crippen LogP contribution in [0.4, 0.5) is 5.13 Å². The molecule has 122 valence electrons. The summed E-state index contributed by atoms with van der Waals surface area (Å²) in [7, 11) is 0. The first-order valence-electron chi connectivity index (χ1n) is 7.10. The molecular formula is C15H13N5O2S2. The number of carbonyl (C=O) groups is 1. The topological polar surface area (TPSA) is 89.8 Å². The van der Waals surface area contributed by atoms with Crippen molar-refractivity contribution < 1.29 is 4.79 Å². The molecule has 3 aromatic rings. The molecule has 0 fully saturated rings. The SMILES string of the molecule is CCSc1nnc(NC(=O)c2nn(-c3ccccc3)ccc2=O)s1. The second-order valence-electron chi connectivity index (χ2n) is 4.57. The van der Waals surface area contributed by atoms with Crippen molar-refractivity contribution >= 4 is 34.1 Å². The lowest BCUT2D eigenvalue weighted by molar-refractivity contribution is 0.101. The van der Waals surface area contributed by atoms with E-state index in [2.05, 4.69) is 20.6 Å². The molecule has 0 aliphatic heterocycles. The summed E-state index contributed by atoms with van der Waals surface area (Å²) in [5.41, 5.74) is 0.109. The lowest BCUT2D eigenvalue weighted by atomic mass is 10.3. The second-order valence-corrected chi connectivity index (χ2v) is 7.06. The molecule has 0 saturated heterocycles.